The summed E-state index contributed by atoms with van der Waals surface area (Å²) in [5, 5.41) is 11.4. The minimum Gasteiger partial charge on any atom is -0.481 e. The van der Waals surface area contributed by atoms with Crippen LogP contribution in [-0.2, 0) is 11.3 Å². The number of imidazole rings is 1. The number of thiophene rings is 1. The summed E-state index contributed by atoms with van der Waals surface area (Å²) in [6.45, 7) is 2.15. The van der Waals surface area contributed by atoms with Gasteiger partial charge in [-0.1, -0.05) is 6.07 Å². The summed E-state index contributed by atoms with van der Waals surface area (Å²) in [5.74, 6) is -0.992. The van der Waals surface area contributed by atoms with Crippen molar-refractivity contribution in [2.75, 3.05) is 18.8 Å². The lowest BCUT2D eigenvalue weighted by atomic mass is 9.98. The van der Waals surface area contributed by atoms with E-state index in [1.807, 2.05) is 34.2 Å². The molecule has 0 aliphatic carbocycles. The Morgan fingerprint density at radius 1 is 1.40 bits per heavy atom. The van der Waals surface area contributed by atoms with E-state index in [0.29, 0.717) is 18.8 Å². The molecule has 25 heavy (non-hydrogen) atoms. The first-order valence-electron chi connectivity index (χ1n) is 8.37. The van der Waals surface area contributed by atoms with Crippen molar-refractivity contribution in [2.24, 2.45) is 5.92 Å². The second-order valence-electron chi connectivity index (χ2n) is 6.49. The lowest BCUT2D eigenvalue weighted by molar-refractivity contribution is -0.143. The summed E-state index contributed by atoms with van der Waals surface area (Å²) in [4.78, 5) is 19.5. The number of pyridine rings is 1. The molecule has 0 spiro atoms. The number of hydrogen-bond donors (Lipinski definition) is 2. The number of nitrogens with zero attached hydrogens (tertiary/aromatic N) is 3. The van der Waals surface area contributed by atoms with Crippen LogP contribution in [0, 0.1) is 5.92 Å². The molecule has 0 saturated carbocycles. The van der Waals surface area contributed by atoms with Gasteiger partial charge in [0.1, 0.15) is 11.3 Å². The van der Waals surface area contributed by atoms with Gasteiger partial charge in [0, 0.05) is 25.0 Å². The van der Waals surface area contributed by atoms with Gasteiger partial charge in [0.25, 0.3) is 0 Å². The summed E-state index contributed by atoms with van der Waals surface area (Å²) in [6.07, 6.45) is 3.56. The average Bonchev–Trinajstić information content (AvgIpc) is 3.23. The Labute approximate surface area is 149 Å². The summed E-state index contributed by atoms with van der Waals surface area (Å²) >= 11 is 1.66. The van der Waals surface area contributed by atoms with Crippen LogP contribution in [0.1, 0.15) is 18.5 Å². The monoisotopic (exact) mass is 356 g/mol. The highest BCUT2D eigenvalue weighted by atomic mass is 32.1. The van der Waals surface area contributed by atoms with Crippen LogP contribution >= 0.6 is 11.3 Å². The smallest absolute Gasteiger partial charge is 0.307 e. The Bertz CT molecular complexity index is 903. The zero-order valence-corrected chi connectivity index (χ0v) is 14.6. The van der Waals surface area contributed by atoms with Crippen LogP contribution in [-0.4, -0.2) is 38.4 Å². The highest BCUT2D eigenvalue weighted by Crippen LogP contribution is 2.30. The third-order valence-corrected chi connectivity index (χ3v) is 5.60. The van der Waals surface area contributed by atoms with E-state index in [1.54, 1.807) is 11.3 Å². The fourth-order valence-electron chi connectivity index (χ4n) is 3.48. The second kappa shape index (κ2) is 6.50. The van der Waals surface area contributed by atoms with E-state index in [0.717, 1.165) is 41.3 Å². The quantitative estimate of drug-likeness (QED) is 0.751. The molecular formula is C18H20N4O2S. The molecule has 1 atom stereocenters. The molecule has 0 aromatic carbocycles. The Kier molecular flexibility index (Phi) is 4.19. The maximum absolute atomic E-state index is 11.4. The maximum atomic E-state index is 11.4. The molecule has 130 valence electrons. The van der Waals surface area contributed by atoms with E-state index in [1.165, 1.54) is 0 Å². The molecule has 4 heterocycles. The molecule has 1 saturated heterocycles. The van der Waals surface area contributed by atoms with Gasteiger partial charge in [-0.3, -0.25) is 14.1 Å². The third-order valence-electron chi connectivity index (χ3n) is 4.72. The summed E-state index contributed by atoms with van der Waals surface area (Å²) in [7, 11) is 0. The molecule has 0 bridgehead atoms. The van der Waals surface area contributed by atoms with Crippen LogP contribution in [0.15, 0.2) is 35.8 Å². The van der Waals surface area contributed by atoms with Crippen molar-refractivity contribution >= 4 is 28.6 Å². The van der Waals surface area contributed by atoms with Crippen molar-refractivity contribution in [1.29, 1.82) is 0 Å². The Hall–Kier alpha value is -2.38. The standard InChI is InChI=1S/C18H20N4O2S/c19-13-5-6-16-20-17(15-4-2-8-25-15)14(22(16)10-13)11-21-7-1-3-12(9-21)18(23)24/h2,4-6,8,10,12H,1,3,7,9,11,19H2,(H,23,24). The number of carbonyl (C=O) groups is 1. The van der Waals surface area contributed by atoms with Gasteiger partial charge in [-0.2, -0.15) is 0 Å². The van der Waals surface area contributed by atoms with E-state index in [2.05, 4.69) is 11.0 Å². The van der Waals surface area contributed by atoms with E-state index in [9.17, 15) is 9.90 Å². The zero-order valence-electron chi connectivity index (χ0n) is 13.8. The maximum Gasteiger partial charge on any atom is 0.307 e. The molecule has 1 aliphatic rings. The number of anilines is 1. The number of carboxylic acids is 1. The van der Waals surface area contributed by atoms with E-state index in [4.69, 9.17) is 10.7 Å². The zero-order chi connectivity index (χ0) is 17.4. The number of nitrogen functional groups attached to an aromatic ring is 1. The highest BCUT2D eigenvalue weighted by molar-refractivity contribution is 7.13. The highest BCUT2D eigenvalue weighted by Gasteiger charge is 2.27. The first kappa shape index (κ1) is 16.1. The minimum atomic E-state index is -0.703. The molecule has 0 amide bonds. The first-order valence-corrected chi connectivity index (χ1v) is 9.25. The molecule has 7 heteroatoms. The molecule has 1 aliphatic heterocycles. The number of likely N-dealkylation sites (tertiary alicyclic amines) is 1. The van der Waals surface area contributed by atoms with Gasteiger partial charge in [0.15, 0.2) is 0 Å². The topological polar surface area (TPSA) is 83.9 Å². The number of nitrogens with two attached hydrogens (primary N) is 1. The Morgan fingerprint density at radius 2 is 2.28 bits per heavy atom. The van der Waals surface area contributed by atoms with Crippen LogP contribution in [0.2, 0.25) is 0 Å². The molecule has 1 unspecified atom stereocenters. The van der Waals surface area contributed by atoms with Crippen molar-refractivity contribution < 1.29 is 9.90 Å². The molecule has 3 aromatic heterocycles. The van der Waals surface area contributed by atoms with Gasteiger partial charge >= 0.3 is 5.97 Å². The van der Waals surface area contributed by atoms with Gasteiger partial charge in [0.2, 0.25) is 0 Å². The largest absolute Gasteiger partial charge is 0.481 e. The van der Waals surface area contributed by atoms with E-state index >= 15 is 0 Å². The van der Waals surface area contributed by atoms with Crippen molar-refractivity contribution in [3.63, 3.8) is 0 Å². The summed E-state index contributed by atoms with van der Waals surface area (Å²) in [6, 6.07) is 7.86. The summed E-state index contributed by atoms with van der Waals surface area (Å²) < 4.78 is 2.04. The minimum absolute atomic E-state index is 0.289. The average molecular weight is 356 g/mol. The van der Waals surface area contributed by atoms with Crippen LogP contribution in [0.5, 0.6) is 0 Å². The lowest BCUT2D eigenvalue weighted by Gasteiger charge is -2.30. The number of aliphatic carboxylic acids is 1. The van der Waals surface area contributed by atoms with Gasteiger partial charge in [-0.25, -0.2) is 4.98 Å². The Morgan fingerprint density at radius 3 is 3.04 bits per heavy atom. The van der Waals surface area contributed by atoms with Crippen molar-refractivity contribution in [1.82, 2.24) is 14.3 Å². The predicted octanol–water partition coefficient (Wildman–Crippen LogP) is 2.94. The molecule has 1 fully saturated rings. The summed E-state index contributed by atoms with van der Waals surface area (Å²) in [5.41, 5.74) is 9.55. The van der Waals surface area contributed by atoms with Crippen molar-refractivity contribution in [3.05, 3.63) is 41.5 Å². The number of aromatic nitrogens is 2. The van der Waals surface area contributed by atoms with Crippen molar-refractivity contribution in [3.8, 4) is 10.6 Å². The van der Waals surface area contributed by atoms with Crippen LogP contribution in [0.3, 0.4) is 0 Å². The van der Waals surface area contributed by atoms with E-state index in [-0.39, 0.29) is 5.92 Å². The number of piperidine rings is 1. The third kappa shape index (κ3) is 3.12. The molecule has 3 aromatic rings. The SMILES string of the molecule is Nc1ccc2nc(-c3cccs3)c(CN3CCCC(C(=O)O)C3)n2c1. The number of hydrogen-bond acceptors (Lipinski definition) is 5. The Balaban J connectivity index is 1.73. The normalized spacial score (nSPS) is 18.6. The number of rotatable bonds is 4. The molecule has 4 rings (SSSR count). The lowest BCUT2D eigenvalue weighted by Crippen LogP contribution is -2.38. The van der Waals surface area contributed by atoms with Gasteiger partial charge in [-0.05, 0) is 43.0 Å². The van der Waals surface area contributed by atoms with Gasteiger partial charge < -0.3 is 10.8 Å². The number of carboxylic acid groups (broad SMARTS) is 1. The molecule has 0 radical (unpaired) electrons. The first-order chi connectivity index (χ1) is 12.1. The van der Waals surface area contributed by atoms with Crippen LogP contribution in [0.4, 0.5) is 5.69 Å². The molecule has 6 nitrogen and oxygen atoms in total. The fraction of sp³-hybridized carbons (Fsp3) is 0.333. The van der Waals surface area contributed by atoms with Crippen LogP contribution < -0.4 is 5.73 Å². The van der Waals surface area contributed by atoms with Crippen molar-refractivity contribution in [2.45, 2.75) is 19.4 Å². The fourth-order valence-corrected chi connectivity index (χ4v) is 4.22. The predicted molar refractivity (Wildman–Crippen MR) is 98.6 cm³/mol. The second-order valence-corrected chi connectivity index (χ2v) is 7.44. The molecule has 3 N–H and O–H groups in total. The van der Waals surface area contributed by atoms with E-state index < -0.39 is 5.97 Å². The molecular weight excluding hydrogens is 336 g/mol. The van der Waals surface area contributed by atoms with Crippen LogP contribution in [0.25, 0.3) is 16.2 Å². The van der Waals surface area contributed by atoms with Gasteiger partial charge in [-0.15, -0.1) is 11.3 Å². The number of fused-ring (bicyclic) bond motifs is 1. The van der Waals surface area contributed by atoms with Gasteiger partial charge in [0.05, 0.1) is 16.5 Å².